The normalized spacial score (nSPS) is 12.7. The molecule has 1 N–H and O–H groups in total. The number of halogens is 3. The van der Waals surface area contributed by atoms with Crippen LogP contribution in [0.2, 0.25) is 0 Å². The maximum absolute atomic E-state index is 11.9. The lowest BCUT2D eigenvalue weighted by Gasteiger charge is -2.08. The Labute approximate surface area is 119 Å². The Bertz CT molecular complexity index is 563. The van der Waals surface area contributed by atoms with Gasteiger partial charge in [-0.2, -0.15) is 13.2 Å². The van der Waals surface area contributed by atoms with Crippen LogP contribution in [-0.2, 0) is 21.3 Å². The second-order valence-corrected chi connectivity index (χ2v) is 5.50. The van der Waals surface area contributed by atoms with Crippen molar-refractivity contribution in [3.63, 3.8) is 0 Å². The van der Waals surface area contributed by atoms with E-state index in [1.54, 1.807) is 5.32 Å². The van der Waals surface area contributed by atoms with E-state index < -0.39 is 40.1 Å². The van der Waals surface area contributed by atoms with Gasteiger partial charge in [-0.3, -0.25) is 19.1 Å². The fourth-order valence-electron chi connectivity index (χ4n) is 1.39. The van der Waals surface area contributed by atoms with E-state index in [0.29, 0.717) is 5.56 Å². The monoisotopic (exact) mass is 324 g/mol. The van der Waals surface area contributed by atoms with Gasteiger partial charge in [-0.05, 0) is 5.56 Å². The summed E-state index contributed by atoms with van der Waals surface area (Å²) in [5.41, 5.74) is 0.178. The molecule has 21 heavy (non-hydrogen) atoms. The Hall–Kier alpha value is -1.97. The van der Waals surface area contributed by atoms with Crippen LogP contribution in [0.15, 0.2) is 24.3 Å². The molecular formula is C11H11F3N2O4S. The SMILES string of the molecule is O=C(C[S@](=O)Cc1cccc([N+](=O)[O-])c1)NCC(F)(F)F. The number of nitrogens with one attached hydrogen (secondary N) is 1. The van der Waals surface area contributed by atoms with Gasteiger partial charge in [0.25, 0.3) is 5.69 Å². The molecule has 1 amide bonds. The lowest BCUT2D eigenvalue weighted by Crippen LogP contribution is -2.36. The van der Waals surface area contributed by atoms with Crippen LogP contribution in [0.3, 0.4) is 0 Å². The van der Waals surface area contributed by atoms with Gasteiger partial charge in [0.1, 0.15) is 12.3 Å². The van der Waals surface area contributed by atoms with Crippen molar-refractivity contribution < 1.29 is 27.1 Å². The van der Waals surface area contributed by atoms with Crippen LogP contribution in [0.25, 0.3) is 0 Å². The van der Waals surface area contributed by atoms with Crippen LogP contribution < -0.4 is 5.32 Å². The number of benzene rings is 1. The van der Waals surface area contributed by atoms with Crippen molar-refractivity contribution in [1.82, 2.24) is 5.32 Å². The van der Waals surface area contributed by atoms with E-state index in [-0.39, 0.29) is 11.4 Å². The van der Waals surface area contributed by atoms with Crippen LogP contribution in [0.5, 0.6) is 0 Å². The first-order valence-electron chi connectivity index (χ1n) is 5.59. The van der Waals surface area contributed by atoms with E-state index in [0.717, 1.165) is 0 Å². The Kier molecular flexibility index (Phi) is 5.82. The minimum Gasteiger partial charge on any atom is -0.346 e. The van der Waals surface area contributed by atoms with Crippen molar-refractivity contribution in [2.24, 2.45) is 0 Å². The van der Waals surface area contributed by atoms with Crippen molar-refractivity contribution in [2.45, 2.75) is 11.9 Å². The third-order valence-electron chi connectivity index (χ3n) is 2.23. The first-order chi connectivity index (χ1) is 9.67. The molecule has 116 valence electrons. The summed E-state index contributed by atoms with van der Waals surface area (Å²) in [5.74, 6) is -1.74. The highest BCUT2D eigenvalue weighted by molar-refractivity contribution is 7.84. The number of hydrogen-bond acceptors (Lipinski definition) is 4. The van der Waals surface area contributed by atoms with Crippen LogP contribution in [0, 0.1) is 10.1 Å². The van der Waals surface area contributed by atoms with Gasteiger partial charge >= 0.3 is 6.18 Å². The average Bonchev–Trinajstić information content (AvgIpc) is 2.35. The molecule has 0 bridgehead atoms. The first-order valence-corrected chi connectivity index (χ1v) is 7.08. The molecule has 0 aliphatic heterocycles. The fraction of sp³-hybridized carbons (Fsp3) is 0.364. The molecule has 1 aromatic rings. The molecule has 0 radical (unpaired) electrons. The highest BCUT2D eigenvalue weighted by Gasteiger charge is 2.27. The maximum atomic E-state index is 11.9. The topological polar surface area (TPSA) is 89.3 Å². The lowest BCUT2D eigenvalue weighted by atomic mass is 10.2. The summed E-state index contributed by atoms with van der Waals surface area (Å²) in [6.45, 7) is -1.49. The summed E-state index contributed by atoms with van der Waals surface area (Å²) < 4.78 is 47.2. The van der Waals surface area contributed by atoms with Crippen molar-refractivity contribution >= 4 is 22.4 Å². The van der Waals surface area contributed by atoms with Crippen LogP contribution in [0.4, 0.5) is 18.9 Å². The predicted octanol–water partition coefficient (Wildman–Crippen LogP) is 1.52. The van der Waals surface area contributed by atoms with Crippen molar-refractivity contribution in [3.8, 4) is 0 Å². The number of hydrogen-bond donors (Lipinski definition) is 1. The largest absolute Gasteiger partial charge is 0.405 e. The van der Waals surface area contributed by atoms with Gasteiger partial charge in [-0.1, -0.05) is 12.1 Å². The predicted molar refractivity (Wildman–Crippen MR) is 68.9 cm³/mol. The summed E-state index contributed by atoms with van der Waals surface area (Å²) in [7, 11) is -1.75. The quantitative estimate of drug-likeness (QED) is 0.635. The van der Waals surface area contributed by atoms with Crippen molar-refractivity contribution in [3.05, 3.63) is 39.9 Å². The molecule has 10 heteroatoms. The van der Waals surface area contributed by atoms with Gasteiger partial charge in [0.15, 0.2) is 0 Å². The number of nitro benzene ring substituents is 1. The molecule has 0 saturated heterocycles. The fourth-order valence-corrected chi connectivity index (χ4v) is 2.44. The molecule has 0 spiro atoms. The molecule has 0 aliphatic rings. The van der Waals surface area contributed by atoms with Gasteiger partial charge < -0.3 is 5.32 Å². The van der Waals surface area contributed by atoms with E-state index >= 15 is 0 Å². The number of amides is 1. The van der Waals surface area contributed by atoms with E-state index in [9.17, 15) is 32.3 Å². The smallest absolute Gasteiger partial charge is 0.346 e. The minimum atomic E-state index is -4.53. The molecule has 0 heterocycles. The molecule has 1 aromatic carbocycles. The lowest BCUT2D eigenvalue weighted by molar-refractivity contribution is -0.384. The molecule has 0 aliphatic carbocycles. The van der Waals surface area contributed by atoms with E-state index in [2.05, 4.69) is 0 Å². The van der Waals surface area contributed by atoms with E-state index in [4.69, 9.17) is 0 Å². The summed E-state index contributed by atoms with van der Waals surface area (Å²) >= 11 is 0. The second-order valence-electron chi connectivity index (χ2n) is 4.05. The zero-order valence-corrected chi connectivity index (χ0v) is 11.4. The molecular weight excluding hydrogens is 313 g/mol. The zero-order valence-electron chi connectivity index (χ0n) is 10.6. The summed E-state index contributed by atoms with van der Waals surface area (Å²) in [6.07, 6.45) is -4.53. The Morgan fingerprint density at radius 3 is 2.62 bits per heavy atom. The summed E-state index contributed by atoms with van der Waals surface area (Å²) in [6, 6.07) is 5.33. The third kappa shape index (κ3) is 6.84. The summed E-state index contributed by atoms with van der Waals surface area (Å²) in [4.78, 5) is 21.1. The molecule has 6 nitrogen and oxygen atoms in total. The average molecular weight is 324 g/mol. The number of carbonyl (C=O) groups excluding carboxylic acids is 1. The van der Waals surface area contributed by atoms with Crippen molar-refractivity contribution in [1.29, 1.82) is 0 Å². The Balaban J connectivity index is 2.52. The van der Waals surface area contributed by atoms with Gasteiger partial charge in [-0.15, -0.1) is 0 Å². The number of nitrogens with zero attached hydrogens (tertiary/aromatic N) is 1. The van der Waals surface area contributed by atoms with E-state index in [1.807, 2.05) is 0 Å². The zero-order chi connectivity index (χ0) is 16.0. The number of rotatable bonds is 6. The Morgan fingerprint density at radius 2 is 2.05 bits per heavy atom. The van der Waals surface area contributed by atoms with E-state index in [1.165, 1.54) is 24.3 Å². The maximum Gasteiger partial charge on any atom is 0.405 e. The molecule has 1 rings (SSSR count). The highest BCUT2D eigenvalue weighted by atomic mass is 32.2. The van der Waals surface area contributed by atoms with Crippen molar-refractivity contribution in [2.75, 3.05) is 12.3 Å². The van der Waals surface area contributed by atoms with Gasteiger partial charge in [-0.25, -0.2) is 0 Å². The molecule has 1 atom stereocenters. The molecule has 0 saturated carbocycles. The van der Waals surface area contributed by atoms with Crippen LogP contribution >= 0.6 is 0 Å². The molecule has 0 fully saturated rings. The van der Waals surface area contributed by atoms with Crippen LogP contribution in [-0.4, -0.2) is 33.5 Å². The number of nitro groups is 1. The van der Waals surface area contributed by atoms with Gasteiger partial charge in [0, 0.05) is 28.7 Å². The van der Waals surface area contributed by atoms with Gasteiger partial charge in [0.05, 0.1) is 4.92 Å². The second kappa shape index (κ2) is 7.16. The third-order valence-corrected chi connectivity index (χ3v) is 3.47. The molecule has 0 aromatic heterocycles. The number of alkyl halides is 3. The standard InChI is InChI=1S/C11H11F3N2O4S/c12-11(13,14)7-15-10(17)6-21(20)5-8-2-1-3-9(4-8)16(18)19/h1-4H,5-7H2,(H,15,17)/t21-/m1/s1. The van der Waals surface area contributed by atoms with Crippen LogP contribution in [0.1, 0.15) is 5.56 Å². The summed E-state index contributed by atoms with van der Waals surface area (Å²) in [5, 5.41) is 12.2. The molecule has 0 unspecified atom stereocenters. The first kappa shape index (κ1) is 17.1. The highest BCUT2D eigenvalue weighted by Crippen LogP contribution is 2.15. The Morgan fingerprint density at radius 1 is 1.38 bits per heavy atom. The number of non-ortho nitro benzene ring substituents is 1. The number of carbonyl (C=O) groups is 1. The minimum absolute atomic E-state index is 0.152. The van der Waals surface area contributed by atoms with Gasteiger partial charge in [0.2, 0.25) is 5.91 Å².